The van der Waals surface area contributed by atoms with Crippen LogP contribution < -0.4 is 5.73 Å². The van der Waals surface area contributed by atoms with Crippen molar-refractivity contribution in [1.82, 2.24) is 14.9 Å². The zero-order valence-corrected chi connectivity index (χ0v) is 15.2. The minimum absolute atomic E-state index is 0.194. The average Bonchev–Trinajstić information content (AvgIpc) is 2.89. The molecule has 0 radical (unpaired) electrons. The van der Waals surface area contributed by atoms with Crippen LogP contribution in [0.2, 0.25) is 10.0 Å². The predicted octanol–water partition coefficient (Wildman–Crippen LogP) is 3.99. The van der Waals surface area contributed by atoms with E-state index in [0.29, 0.717) is 27.5 Å². The van der Waals surface area contributed by atoms with Gasteiger partial charge in [0, 0.05) is 16.3 Å². The third-order valence-corrected chi connectivity index (χ3v) is 4.97. The van der Waals surface area contributed by atoms with E-state index in [0.717, 1.165) is 22.9 Å². The number of halogens is 2. The molecule has 2 aromatic rings. The molecular formula is C15H17Cl2N5S. The van der Waals surface area contributed by atoms with Crippen molar-refractivity contribution in [2.24, 2.45) is 16.8 Å². The topological polar surface area (TPSA) is 69.1 Å². The number of hydrogen-bond donors (Lipinski definition) is 1. The molecule has 0 bridgehead atoms. The molecule has 1 unspecified atom stereocenters. The van der Waals surface area contributed by atoms with Crippen molar-refractivity contribution in [2.45, 2.75) is 31.5 Å². The number of nitrogens with two attached hydrogens (primary N) is 1. The molecule has 1 atom stereocenters. The molecule has 2 heterocycles. The second-order valence-corrected chi connectivity index (χ2v) is 7.63. The van der Waals surface area contributed by atoms with Gasteiger partial charge in [-0.2, -0.15) is 9.78 Å². The van der Waals surface area contributed by atoms with E-state index < -0.39 is 0 Å². The van der Waals surface area contributed by atoms with E-state index in [1.165, 1.54) is 0 Å². The lowest BCUT2D eigenvalue weighted by Gasteiger charge is -2.17. The van der Waals surface area contributed by atoms with Gasteiger partial charge < -0.3 is 5.73 Å². The SMILES string of the molecule is CC(C)CC(N)c1nnc2n1N=C(c1ccc(Cl)cc1Cl)CS2. The van der Waals surface area contributed by atoms with Gasteiger partial charge in [0.15, 0.2) is 5.82 Å². The molecule has 0 spiro atoms. The minimum Gasteiger partial charge on any atom is -0.321 e. The fraction of sp³-hybridized carbons (Fsp3) is 0.400. The molecule has 1 aromatic heterocycles. The highest BCUT2D eigenvalue weighted by atomic mass is 35.5. The second-order valence-electron chi connectivity index (χ2n) is 5.85. The monoisotopic (exact) mass is 369 g/mol. The standard InChI is InChI=1S/C15H17Cl2N5S/c1-8(2)5-12(18)14-19-20-15-22(14)21-13(7-23-15)10-4-3-9(16)6-11(10)17/h3-4,6,8,12H,5,7,18H2,1-2H3. The van der Waals surface area contributed by atoms with E-state index >= 15 is 0 Å². The third-order valence-electron chi connectivity index (χ3n) is 3.49. The number of thioether (sulfide) groups is 1. The Morgan fingerprint density at radius 2 is 2.09 bits per heavy atom. The van der Waals surface area contributed by atoms with Crippen molar-refractivity contribution in [2.75, 3.05) is 5.75 Å². The fourth-order valence-electron chi connectivity index (χ4n) is 2.44. The highest BCUT2D eigenvalue weighted by Crippen LogP contribution is 2.30. The summed E-state index contributed by atoms with van der Waals surface area (Å²) < 4.78 is 1.74. The van der Waals surface area contributed by atoms with Gasteiger partial charge in [-0.1, -0.05) is 54.9 Å². The molecule has 2 N–H and O–H groups in total. The number of aromatic nitrogens is 3. The summed E-state index contributed by atoms with van der Waals surface area (Å²) in [6, 6.07) is 5.22. The first-order valence-corrected chi connectivity index (χ1v) is 9.07. The first-order chi connectivity index (χ1) is 11.0. The van der Waals surface area contributed by atoms with E-state index in [-0.39, 0.29) is 6.04 Å². The largest absolute Gasteiger partial charge is 0.321 e. The number of fused-ring (bicyclic) bond motifs is 1. The summed E-state index contributed by atoms with van der Waals surface area (Å²) in [4.78, 5) is 0. The minimum atomic E-state index is -0.194. The maximum atomic E-state index is 6.30. The highest BCUT2D eigenvalue weighted by molar-refractivity contribution is 7.99. The Morgan fingerprint density at radius 3 is 2.78 bits per heavy atom. The van der Waals surface area contributed by atoms with E-state index in [1.54, 1.807) is 22.5 Å². The molecule has 0 saturated heterocycles. The van der Waals surface area contributed by atoms with Crippen molar-refractivity contribution in [3.05, 3.63) is 39.6 Å². The summed E-state index contributed by atoms with van der Waals surface area (Å²) in [7, 11) is 0. The molecule has 0 amide bonds. The smallest absolute Gasteiger partial charge is 0.212 e. The van der Waals surface area contributed by atoms with Crippen molar-refractivity contribution < 1.29 is 0 Å². The molecule has 5 nitrogen and oxygen atoms in total. The Bertz CT molecular complexity index is 756. The Hall–Kier alpha value is -1.08. The van der Waals surface area contributed by atoms with Gasteiger partial charge in [-0.25, -0.2) is 0 Å². The first kappa shape index (κ1) is 16.8. The Kier molecular flexibility index (Phi) is 4.96. The first-order valence-electron chi connectivity index (χ1n) is 7.32. The van der Waals surface area contributed by atoms with Gasteiger partial charge in [-0.3, -0.25) is 0 Å². The summed E-state index contributed by atoms with van der Waals surface area (Å²) >= 11 is 13.8. The zero-order valence-electron chi connectivity index (χ0n) is 12.8. The summed E-state index contributed by atoms with van der Waals surface area (Å²) in [5.74, 6) is 1.84. The van der Waals surface area contributed by atoms with Gasteiger partial charge in [-0.05, 0) is 24.5 Å². The number of hydrogen-bond acceptors (Lipinski definition) is 5. The summed E-state index contributed by atoms with van der Waals surface area (Å²) in [5, 5.41) is 15.0. The van der Waals surface area contributed by atoms with Crippen LogP contribution in [-0.4, -0.2) is 26.3 Å². The van der Waals surface area contributed by atoms with Crippen LogP contribution in [0.5, 0.6) is 0 Å². The molecule has 3 rings (SSSR count). The lowest BCUT2D eigenvalue weighted by atomic mass is 10.0. The van der Waals surface area contributed by atoms with Gasteiger partial charge in [-0.15, -0.1) is 10.2 Å². The molecule has 23 heavy (non-hydrogen) atoms. The summed E-state index contributed by atoms with van der Waals surface area (Å²) in [5.41, 5.74) is 7.98. The number of rotatable bonds is 4. The Morgan fingerprint density at radius 1 is 1.30 bits per heavy atom. The lowest BCUT2D eigenvalue weighted by molar-refractivity contribution is 0.478. The second kappa shape index (κ2) is 6.81. The van der Waals surface area contributed by atoms with Crippen LogP contribution in [-0.2, 0) is 0 Å². The van der Waals surface area contributed by atoms with Gasteiger partial charge >= 0.3 is 0 Å². The molecule has 1 aliphatic heterocycles. The molecule has 0 fully saturated rings. The van der Waals surface area contributed by atoms with Crippen molar-refractivity contribution in [1.29, 1.82) is 0 Å². The van der Waals surface area contributed by atoms with Crippen LogP contribution in [0.15, 0.2) is 28.5 Å². The van der Waals surface area contributed by atoms with Crippen LogP contribution in [0.25, 0.3) is 0 Å². The zero-order chi connectivity index (χ0) is 16.6. The van der Waals surface area contributed by atoms with Crippen LogP contribution in [0.3, 0.4) is 0 Å². The molecule has 1 aliphatic rings. The average molecular weight is 370 g/mol. The van der Waals surface area contributed by atoms with Crippen molar-refractivity contribution >= 4 is 40.7 Å². The van der Waals surface area contributed by atoms with Crippen molar-refractivity contribution in [3.8, 4) is 0 Å². The molecule has 0 aliphatic carbocycles. The quantitative estimate of drug-likeness (QED) is 0.884. The van der Waals surface area contributed by atoms with E-state index in [1.807, 2.05) is 12.1 Å². The molecule has 122 valence electrons. The van der Waals surface area contributed by atoms with Crippen LogP contribution >= 0.6 is 35.0 Å². The van der Waals surface area contributed by atoms with E-state index in [4.69, 9.17) is 28.9 Å². The summed E-state index contributed by atoms with van der Waals surface area (Å²) in [6.45, 7) is 4.26. The van der Waals surface area contributed by atoms with Gasteiger partial charge in [0.25, 0.3) is 0 Å². The maximum absolute atomic E-state index is 6.30. The Balaban J connectivity index is 1.98. The normalized spacial score (nSPS) is 15.5. The van der Waals surface area contributed by atoms with Crippen LogP contribution in [0, 0.1) is 5.92 Å². The van der Waals surface area contributed by atoms with Gasteiger partial charge in [0.1, 0.15) is 0 Å². The van der Waals surface area contributed by atoms with E-state index in [9.17, 15) is 0 Å². The van der Waals surface area contributed by atoms with Crippen LogP contribution in [0.4, 0.5) is 0 Å². The number of nitrogens with zero attached hydrogens (tertiary/aromatic N) is 4. The lowest BCUT2D eigenvalue weighted by Crippen LogP contribution is -2.20. The fourth-order valence-corrected chi connectivity index (χ4v) is 3.79. The third kappa shape index (κ3) is 3.55. The molecule has 1 aromatic carbocycles. The highest BCUT2D eigenvalue weighted by Gasteiger charge is 2.24. The van der Waals surface area contributed by atoms with Crippen molar-refractivity contribution in [3.63, 3.8) is 0 Å². The summed E-state index contributed by atoms with van der Waals surface area (Å²) in [6.07, 6.45) is 0.829. The maximum Gasteiger partial charge on any atom is 0.212 e. The Labute approximate surface area is 149 Å². The van der Waals surface area contributed by atoms with Gasteiger partial charge in [0.05, 0.1) is 16.8 Å². The van der Waals surface area contributed by atoms with Gasteiger partial charge in [0.2, 0.25) is 5.16 Å². The van der Waals surface area contributed by atoms with Crippen LogP contribution in [0.1, 0.15) is 37.7 Å². The number of benzene rings is 1. The molecule has 8 heteroatoms. The van der Waals surface area contributed by atoms with E-state index in [2.05, 4.69) is 29.1 Å². The predicted molar refractivity (Wildman–Crippen MR) is 95.5 cm³/mol. The molecular weight excluding hydrogens is 353 g/mol. The molecule has 0 saturated carbocycles.